The number of nitrogens with one attached hydrogen (secondary N) is 1. The summed E-state index contributed by atoms with van der Waals surface area (Å²) in [5.74, 6) is 0. The van der Waals surface area contributed by atoms with E-state index in [1.165, 1.54) is 50.6 Å². The van der Waals surface area contributed by atoms with Gasteiger partial charge >= 0.3 is 0 Å². The minimum atomic E-state index is 0.404. The Morgan fingerprint density at radius 2 is 1.65 bits per heavy atom. The summed E-state index contributed by atoms with van der Waals surface area (Å²) in [6.45, 7) is 14.4. The molecule has 0 unspecified atom stereocenters. The summed E-state index contributed by atoms with van der Waals surface area (Å²) in [7, 11) is 0. The first-order valence-electron chi connectivity index (χ1n) is 7.43. The molecule has 0 aliphatic carbocycles. The fourth-order valence-electron chi connectivity index (χ4n) is 2.40. The molecule has 0 heterocycles. The molecular weight excluding hydrogens is 206 g/mol. The van der Waals surface area contributed by atoms with E-state index in [9.17, 15) is 0 Å². The lowest BCUT2D eigenvalue weighted by molar-refractivity contribution is 0.321. The third kappa shape index (κ3) is 10.4. The third-order valence-corrected chi connectivity index (χ3v) is 3.27. The van der Waals surface area contributed by atoms with Gasteiger partial charge in [0.25, 0.3) is 0 Å². The molecule has 1 N–H and O–H groups in total. The lowest BCUT2D eigenvalue weighted by Crippen LogP contribution is -2.20. The van der Waals surface area contributed by atoms with Crippen molar-refractivity contribution in [3.63, 3.8) is 0 Å². The predicted octanol–water partition coefficient (Wildman–Crippen LogP) is 5.28. The van der Waals surface area contributed by atoms with Gasteiger partial charge in [-0.3, -0.25) is 0 Å². The minimum absolute atomic E-state index is 0.404. The Labute approximate surface area is 109 Å². The van der Waals surface area contributed by atoms with Crippen LogP contribution in [0, 0.1) is 5.41 Å². The Bertz CT molecular complexity index is 194. The predicted molar refractivity (Wildman–Crippen MR) is 79.2 cm³/mol. The van der Waals surface area contributed by atoms with Gasteiger partial charge in [0.05, 0.1) is 0 Å². The van der Waals surface area contributed by atoms with E-state index in [0.717, 1.165) is 13.0 Å². The summed E-state index contributed by atoms with van der Waals surface area (Å²) in [5.41, 5.74) is 1.63. The molecule has 1 nitrogen and oxygen atoms in total. The fraction of sp³-hybridized carbons (Fsp3) is 0.875. The van der Waals surface area contributed by atoms with E-state index >= 15 is 0 Å². The van der Waals surface area contributed by atoms with Crippen LogP contribution in [0.4, 0.5) is 0 Å². The van der Waals surface area contributed by atoms with Crippen molar-refractivity contribution >= 4 is 0 Å². The van der Waals surface area contributed by atoms with Crippen LogP contribution in [0.3, 0.4) is 0 Å². The molecule has 0 radical (unpaired) electrons. The Hall–Kier alpha value is -0.460. The molecule has 0 saturated heterocycles. The SMILES string of the molecule is C=C(CC(C)(C)CCC)NCCCCCCC. The van der Waals surface area contributed by atoms with E-state index in [-0.39, 0.29) is 0 Å². The van der Waals surface area contributed by atoms with E-state index in [4.69, 9.17) is 0 Å². The summed E-state index contributed by atoms with van der Waals surface area (Å²) in [6.07, 6.45) is 10.4. The number of allylic oxidation sites excluding steroid dienone is 1. The van der Waals surface area contributed by atoms with Gasteiger partial charge in [-0.05, 0) is 24.7 Å². The van der Waals surface area contributed by atoms with Crippen molar-refractivity contribution < 1.29 is 0 Å². The second kappa shape index (κ2) is 9.56. The first-order valence-corrected chi connectivity index (χ1v) is 7.43. The van der Waals surface area contributed by atoms with Crippen LogP contribution < -0.4 is 5.32 Å². The molecule has 0 amide bonds. The van der Waals surface area contributed by atoms with Gasteiger partial charge in [-0.1, -0.05) is 66.4 Å². The number of hydrogen-bond acceptors (Lipinski definition) is 1. The average Bonchev–Trinajstić information content (AvgIpc) is 2.22. The van der Waals surface area contributed by atoms with Gasteiger partial charge in [-0.15, -0.1) is 0 Å². The van der Waals surface area contributed by atoms with Crippen molar-refractivity contribution in [3.8, 4) is 0 Å². The van der Waals surface area contributed by atoms with Crippen molar-refractivity contribution in [1.29, 1.82) is 0 Å². The molecule has 102 valence electrons. The second-order valence-electron chi connectivity index (χ2n) is 6.04. The maximum Gasteiger partial charge on any atom is 0.0143 e. The molecule has 0 fully saturated rings. The number of unbranched alkanes of at least 4 members (excludes halogenated alkanes) is 4. The Morgan fingerprint density at radius 1 is 1.00 bits per heavy atom. The summed E-state index contributed by atoms with van der Waals surface area (Å²) < 4.78 is 0. The zero-order chi connectivity index (χ0) is 13.1. The normalized spacial score (nSPS) is 11.5. The Morgan fingerprint density at radius 3 is 2.24 bits per heavy atom. The van der Waals surface area contributed by atoms with Crippen LogP contribution >= 0.6 is 0 Å². The monoisotopic (exact) mass is 239 g/mol. The maximum absolute atomic E-state index is 4.14. The van der Waals surface area contributed by atoms with Gasteiger partial charge in [-0.25, -0.2) is 0 Å². The van der Waals surface area contributed by atoms with E-state index < -0.39 is 0 Å². The van der Waals surface area contributed by atoms with Gasteiger partial charge < -0.3 is 5.32 Å². The molecule has 0 rings (SSSR count). The highest BCUT2D eigenvalue weighted by molar-refractivity contribution is 4.95. The molecule has 0 aromatic rings. The van der Waals surface area contributed by atoms with Crippen molar-refractivity contribution in [2.75, 3.05) is 6.54 Å². The van der Waals surface area contributed by atoms with Crippen LogP contribution in [0.25, 0.3) is 0 Å². The summed E-state index contributed by atoms with van der Waals surface area (Å²) in [6, 6.07) is 0. The number of hydrogen-bond donors (Lipinski definition) is 1. The molecular formula is C16H33N. The number of rotatable bonds is 11. The van der Waals surface area contributed by atoms with Gasteiger partial charge in [0.15, 0.2) is 0 Å². The fourth-order valence-corrected chi connectivity index (χ4v) is 2.40. The first-order chi connectivity index (χ1) is 8.02. The highest BCUT2D eigenvalue weighted by Gasteiger charge is 2.17. The Balaban J connectivity index is 3.52. The van der Waals surface area contributed by atoms with Crippen LogP contribution in [0.1, 0.15) is 79.1 Å². The molecule has 0 saturated carbocycles. The zero-order valence-corrected chi connectivity index (χ0v) is 12.6. The summed E-state index contributed by atoms with van der Waals surface area (Å²) in [5, 5.41) is 3.48. The van der Waals surface area contributed by atoms with Crippen molar-refractivity contribution in [1.82, 2.24) is 5.32 Å². The van der Waals surface area contributed by atoms with E-state index in [1.54, 1.807) is 0 Å². The minimum Gasteiger partial charge on any atom is -0.389 e. The van der Waals surface area contributed by atoms with E-state index in [2.05, 4.69) is 39.6 Å². The van der Waals surface area contributed by atoms with Crippen molar-refractivity contribution in [2.45, 2.75) is 79.1 Å². The topological polar surface area (TPSA) is 12.0 Å². The second-order valence-corrected chi connectivity index (χ2v) is 6.04. The maximum atomic E-state index is 4.14. The van der Waals surface area contributed by atoms with Crippen LogP contribution in [-0.4, -0.2) is 6.54 Å². The zero-order valence-electron chi connectivity index (χ0n) is 12.6. The first kappa shape index (κ1) is 16.5. The van der Waals surface area contributed by atoms with Gasteiger partial charge in [0.2, 0.25) is 0 Å². The van der Waals surface area contributed by atoms with Crippen LogP contribution in [0.15, 0.2) is 12.3 Å². The Kier molecular flexibility index (Phi) is 9.30. The van der Waals surface area contributed by atoms with Gasteiger partial charge in [0.1, 0.15) is 0 Å². The smallest absolute Gasteiger partial charge is 0.0143 e. The van der Waals surface area contributed by atoms with Crippen LogP contribution in [0.5, 0.6) is 0 Å². The summed E-state index contributed by atoms with van der Waals surface area (Å²) in [4.78, 5) is 0. The summed E-state index contributed by atoms with van der Waals surface area (Å²) >= 11 is 0. The largest absolute Gasteiger partial charge is 0.389 e. The van der Waals surface area contributed by atoms with Crippen molar-refractivity contribution in [3.05, 3.63) is 12.3 Å². The van der Waals surface area contributed by atoms with E-state index in [1.807, 2.05) is 0 Å². The quantitative estimate of drug-likeness (QED) is 0.484. The third-order valence-electron chi connectivity index (χ3n) is 3.27. The molecule has 0 aliphatic heterocycles. The highest BCUT2D eigenvalue weighted by atomic mass is 14.9. The molecule has 1 heteroatoms. The molecule has 0 aromatic carbocycles. The molecule has 0 spiro atoms. The molecule has 17 heavy (non-hydrogen) atoms. The van der Waals surface area contributed by atoms with Gasteiger partial charge in [0, 0.05) is 12.2 Å². The van der Waals surface area contributed by atoms with Gasteiger partial charge in [-0.2, -0.15) is 0 Å². The lowest BCUT2D eigenvalue weighted by atomic mass is 9.83. The van der Waals surface area contributed by atoms with Crippen LogP contribution in [-0.2, 0) is 0 Å². The lowest BCUT2D eigenvalue weighted by Gasteiger charge is -2.25. The molecule has 0 bridgehead atoms. The van der Waals surface area contributed by atoms with Crippen LogP contribution in [0.2, 0.25) is 0 Å². The molecule has 0 atom stereocenters. The molecule has 0 aromatic heterocycles. The van der Waals surface area contributed by atoms with E-state index in [0.29, 0.717) is 5.41 Å². The highest BCUT2D eigenvalue weighted by Crippen LogP contribution is 2.28. The van der Waals surface area contributed by atoms with Crippen molar-refractivity contribution in [2.24, 2.45) is 5.41 Å². The average molecular weight is 239 g/mol. The standard InChI is InChI=1S/C16H33N/c1-6-8-9-10-11-13-17-15(3)14-16(4,5)12-7-2/h17H,3,6-14H2,1-2,4-5H3. The molecule has 0 aliphatic rings.